The number of benzene rings is 2. The molecule has 0 radical (unpaired) electrons. The molecule has 154 valence electrons. The SMILES string of the molecule is CC(C)c1c(COC(F)(F)F)cc(Oc2ccccc2)cc1COC(F)(F)F. The molecule has 0 unspecified atom stereocenters. The van der Waals surface area contributed by atoms with Crippen molar-refractivity contribution in [2.75, 3.05) is 0 Å². The Bertz CT molecular complexity index is 730. The van der Waals surface area contributed by atoms with Gasteiger partial charge in [0, 0.05) is 0 Å². The standard InChI is InChI=1S/C19H18F6O3/c1-12(2)17-13(10-26-18(20,21)22)8-16(28-15-6-4-3-5-7-15)9-14(17)11-27-19(23,24)25/h3-9,12H,10-11H2,1-2H3. The zero-order valence-electron chi connectivity index (χ0n) is 15.0. The van der Waals surface area contributed by atoms with E-state index in [-0.39, 0.29) is 28.4 Å². The fourth-order valence-corrected chi connectivity index (χ4v) is 2.73. The van der Waals surface area contributed by atoms with Gasteiger partial charge in [-0.3, -0.25) is 9.47 Å². The third-order valence-corrected chi connectivity index (χ3v) is 3.66. The van der Waals surface area contributed by atoms with Crippen LogP contribution in [0.5, 0.6) is 11.5 Å². The second-order valence-electron chi connectivity index (χ2n) is 6.19. The normalized spacial score (nSPS) is 12.5. The van der Waals surface area contributed by atoms with Crippen LogP contribution in [0.3, 0.4) is 0 Å². The molecule has 0 atom stereocenters. The van der Waals surface area contributed by atoms with Crippen LogP contribution < -0.4 is 4.74 Å². The molecular weight excluding hydrogens is 390 g/mol. The van der Waals surface area contributed by atoms with Crippen molar-refractivity contribution in [3.05, 3.63) is 59.2 Å². The lowest BCUT2D eigenvalue weighted by molar-refractivity contribution is -0.330. The van der Waals surface area contributed by atoms with E-state index in [4.69, 9.17) is 4.74 Å². The highest BCUT2D eigenvalue weighted by Crippen LogP contribution is 2.34. The molecular formula is C19H18F6O3. The fourth-order valence-electron chi connectivity index (χ4n) is 2.73. The molecule has 0 aliphatic heterocycles. The summed E-state index contributed by atoms with van der Waals surface area (Å²) in [5.74, 6) is 0.0896. The van der Waals surface area contributed by atoms with Crippen molar-refractivity contribution in [1.82, 2.24) is 0 Å². The van der Waals surface area contributed by atoms with Crippen LogP contribution >= 0.6 is 0 Å². The lowest BCUT2D eigenvalue weighted by Crippen LogP contribution is -2.17. The number of halogens is 6. The Morgan fingerprint density at radius 2 is 1.21 bits per heavy atom. The average Bonchev–Trinajstić information content (AvgIpc) is 2.57. The van der Waals surface area contributed by atoms with Crippen molar-refractivity contribution in [1.29, 1.82) is 0 Å². The molecule has 0 saturated heterocycles. The Hall–Kier alpha value is -2.26. The van der Waals surface area contributed by atoms with E-state index >= 15 is 0 Å². The number of hydrogen-bond donors (Lipinski definition) is 0. The Labute approximate surface area is 157 Å². The predicted molar refractivity (Wildman–Crippen MR) is 88.7 cm³/mol. The van der Waals surface area contributed by atoms with Crippen LogP contribution in [0.15, 0.2) is 42.5 Å². The number of rotatable bonds is 7. The van der Waals surface area contributed by atoms with E-state index in [0.717, 1.165) is 0 Å². The molecule has 0 N–H and O–H groups in total. The fraction of sp³-hybridized carbons (Fsp3) is 0.368. The van der Waals surface area contributed by atoms with Crippen LogP contribution in [0, 0.1) is 0 Å². The van der Waals surface area contributed by atoms with Crippen LogP contribution in [0.2, 0.25) is 0 Å². The van der Waals surface area contributed by atoms with Gasteiger partial charge in [0.1, 0.15) is 11.5 Å². The van der Waals surface area contributed by atoms with Gasteiger partial charge in [0.25, 0.3) is 0 Å². The maximum atomic E-state index is 12.5. The summed E-state index contributed by atoms with van der Waals surface area (Å²) in [6, 6.07) is 11.0. The topological polar surface area (TPSA) is 27.7 Å². The van der Waals surface area contributed by atoms with Gasteiger partial charge in [-0.15, -0.1) is 26.3 Å². The highest BCUT2D eigenvalue weighted by molar-refractivity contribution is 5.45. The Morgan fingerprint density at radius 3 is 1.61 bits per heavy atom. The molecule has 2 aromatic carbocycles. The van der Waals surface area contributed by atoms with E-state index in [0.29, 0.717) is 5.75 Å². The van der Waals surface area contributed by atoms with E-state index in [2.05, 4.69) is 9.47 Å². The van der Waals surface area contributed by atoms with Gasteiger partial charge in [-0.2, -0.15) is 0 Å². The van der Waals surface area contributed by atoms with Crippen LogP contribution in [-0.2, 0) is 22.7 Å². The average molecular weight is 408 g/mol. The van der Waals surface area contributed by atoms with Crippen molar-refractivity contribution in [3.8, 4) is 11.5 Å². The Balaban J connectivity index is 2.44. The Kier molecular flexibility index (Phi) is 6.95. The van der Waals surface area contributed by atoms with Gasteiger partial charge < -0.3 is 4.74 Å². The molecule has 2 rings (SSSR count). The first-order valence-corrected chi connectivity index (χ1v) is 8.24. The molecule has 0 bridgehead atoms. The summed E-state index contributed by atoms with van der Waals surface area (Å²) in [5.41, 5.74) is 0.428. The number of para-hydroxylation sites is 1. The van der Waals surface area contributed by atoms with Crippen molar-refractivity contribution in [2.24, 2.45) is 0 Å². The van der Waals surface area contributed by atoms with Crippen LogP contribution in [0.25, 0.3) is 0 Å². The van der Waals surface area contributed by atoms with Crippen LogP contribution in [-0.4, -0.2) is 12.7 Å². The van der Waals surface area contributed by atoms with Gasteiger partial charge >= 0.3 is 12.7 Å². The summed E-state index contributed by atoms with van der Waals surface area (Å²) in [6.07, 6.45) is -9.76. The highest BCUT2D eigenvalue weighted by Gasteiger charge is 2.32. The molecule has 2 aromatic rings. The largest absolute Gasteiger partial charge is 0.522 e. The van der Waals surface area contributed by atoms with E-state index in [1.54, 1.807) is 44.2 Å². The molecule has 0 aromatic heterocycles. The monoisotopic (exact) mass is 408 g/mol. The molecule has 0 aliphatic carbocycles. The lowest BCUT2D eigenvalue weighted by atomic mass is 9.92. The molecule has 28 heavy (non-hydrogen) atoms. The minimum Gasteiger partial charge on any atom is -0.457 e. The van der Waals surface area contributed by atoms with Gasteiger partial charge in [-0.25, -0.2) is 0 Å². The first kappa shape index (κ1) is 22.0. The first-order valence-electron chi connectivity index (χ1n) is 8.24. The van der Waals surface area contributed by atoms with Gasteiger partial charge in [0.15, 0.2) is 0 Å². The number of ether oxygens (including phenoxy) is 3. The molecule has 3 nitrogen and oxygen atoms in total. The predicted octanol–water partition coefficient (Wildman–Crippen LogP) is 6.68. The minimum atomic E-state index is -4.88. The van der Waals surface area contributed by atoms with Crippen molar-refractivity contribution >= 4 is 0 Å². The van der Waals surface area contributed by atoms with Crippen molar-refractivity contribution < 1.29 is 40.6 Å². The van der Waals surface area contributed by atoms with Crippen LogP contribution in [0.4, 0.5) is 26.3 Å². The molecule has 0 saturated carbocycles. The van der Waals surface area contributed by atoms with E-state index in [1.807, 2.05) is 0 Å². The molecule has 0 aliphatic rings. The smallest absolute Gasteiger partial charge is 0.457 e. The molecule has 0 heterocycles. The third-order valence-electron chi connectivity index (χ3n) is 3.66. The second-order valence-corrected chi connectivity index (χ2v) is 6.19. The minimum absolute atomic E-state index is 0.0709. The maximum Gasteiger partial charge on any atom is 0.522 e. The van der Waals surface area contributed by atoms with E-state index < -0.39 is 25.9 Å². The second kappa shape index (κ2) is 8.83. The first-order chi connectivity index (χ1) is 12.9. The molecule has 0 amide bonds. The van der Waals surface area contributed by atoms with E-state index in [9.17, 15) is 26.3 Å². The lowest BCUT2D eigenvalue weighted by Gasteiger charge is -2.21. The summed E-state index contributed by atoms with van der Waals surface area (Å²) >= 11 is 0. The molecule has 0 fully saturated rings. The third kappa shape index (κ3) is 7.05. The quantitative estimate of drug-likeness (QED) is 0.479. The zero-order chi connectivity index (χ0) is 20.9. The zero-order valence-corrected chi connectivity index (χ0v) is 15.0. The van der Waals surface area contributed by atoms with Crippen LogP contribution in [0.1, 0.15) is 36.5 Å². The van der Waals surface area contributed by atoms with Crippen molar-refractivity contribution in [3.63, 3.8) is 0 Å². The van der Waals surface area contributed by atoms with Gasteiger partial charge in [0.2, 0.25) is 0 Å². The van der Waals surface area contributed by atoms with Gasteiger partial charge in [0.05, 0.1) is 13.2 Å². The summed E-state index contributed by atoms with van der Waals surface area (Å²) in [5, 5.41) is 0. The molecule has 0 spiro atoms. The van der Waals surface area contributed by atoms with Gasteiger partial charge in [-0.05, 0) is 46.9 Å². The number of alkyl halides is 6. The summed E-state index contributed by atoms with van der Waals surface area (Å²) < 4.78 is 88.4. The summed E-state index contributed by atoms with van der Waals surface area (Å²) in [6.45, 7) is 1.59. The Morgan fingerprint density at radius 1 is 0.750 bits per heavy atom. The number of hydrogen-bond acceptors (Lipinski definition) is 3. The van der Waals surface area contributed by atoms with Crippen molar-refractivity contribution in [2.45, 2.75) is 45.7 Å². The maximum absolute atomic E-state index is 12.5. The summed E-state index contributed by atoms with van der Waals surface area (Å²) in [4.78, 5) is 0. The molecule has 9 heteroatoms. The highest BCUT2D eigenvalue weighted by atomic mass is 19.4. The van der Waals surface area contributed by atoms with E-state index in [1.165, 1.54) is 12.1 Å². The van der Waals surface area contributed by atoms with Gasteiger partial charge in [-0.1, -0.05) is 32.0 Å². The summed E-state index contributed by atoms with van der Waals surface area (Å²) in [7, 11) is 0.